The van der Waals surface area contributed by atoms with Crippen LogP contribution >= 0.6 is 0 Å². The van der Waals surface area contributed by atoms with Crippen molar-refractivity contribution >= 4 is 21.8 Å². The van der Waals surface area contributed by atoms with Gasteiger partial charge in [0.2, 0.25) is 0 Å². The first-order valence-electron chi connectivity index (χ1n) is 21.7. The van der Waals surface area contributed by atoms with Crippen LogP contribution in [0.25, 0.3) is 83.6 Å². The normalized spacial score (nSPS) is 13.4. The summed E-state index contributed by atoms with van der Waals surface area (Å²) in [5.74, 6) is 4.40. The van der Waals surface area contributed by atoms with Crippen LogP contribution in [0, 0.1) is 0 Å². The van der Waals surface area contributed by atoms with Gasteiger partial charge in [0.05, 0.1) is 22.1 Å². The maximum Gasteiger partial charge on any atom is 0.170 e. The molecule has 0 radical (unpaired) electrons. The Morgan fingerprint density at radius 3 is 1.66 bits per heavy atom. The minimum atomic E-state index is -0.566. The predicted molar refractivity (Wildman–Crippen MR) is 256 cm³/mol. The molecule has 0 bridgehead atoms. The Hall–Kier alpha value is -8.54. The lowest BCUT2D eigenvalue weighted by molar-refractivity contribution is 0.359. The molecule has 0 saturated carbocycles. The highest BCUT2D eigenvalue weighted by Crippen LogP contribution is 2.65. The Kier molecular flexibility index (Phi) is 7.26. The fourth-order valence-electron chi connectivity index (χ4n) is 10.8. The van der Waals surface area contributed by atoms with Gasteiger partial charge in [-0.2, -0.15) is 0 Å². The number of rotatable bonds is 4. The van der Waals surface area contributed by atoms with Crippen LogP contribution in [0.2, 0.25) is 0 Å². The Labute approximate surface area is 369 Å². The molecular weight excluding hydrogens is 783 g/mol. The summed E-state index contributed by atoms with van der Waals surface area (Å²) in [6.07, 6.45) is 0. The summed E-state index contributed by atoms with van der Waals surface area (Å²) < 4.78 is 15.4. The molecule has 1 aliphatic heterocycles. The van der Waals surface area contributed by atoms with E-state index in [0.29, 0.717) is 5.82 Å². The molecule has 5 heteroatoms. The van der Waals surface area contributed by atoms with Gasteiger partial charge in [-0.15, -0.1) is 0 Å². The maximum absolute atomic E-state index is 6.61. The minimum absolute atomic E-state index is 0.566. The summed E-state index contributed by atoms with van der Waals surface area (Å²) in [4.78, 5) is 10.4. The average Bonchev–Trinajstić information content (AvgIpc) is 3.96. The zero-order chi connectivity index (χ0) is 41.9. The Bertz CT molecular complexity index is 3640. The van der Waals surface area contributed by atoms with E-state index in [2.05, 4.69) is 168 Å². The van der Waals surface area contributed by atoms with Gasteiger partial charge in [0.1, 0.15) is 5.82 Å². The van der Waals surface area contributed by atoms with Crippen LogP contribution in [0.1, 0.15) is 22.3 Å². The van der Waals surface area contributed by atoms with Gasteiger partial charge in [-0.1, -0.05) is 158 Å². The zero-order valence-electron chi connectivity index (χ0n) is 34.4. The Morgan fingerprint density at radius 2 is 0.906 bits per heavy atom. The average molecular weight is 818 g/mol. The molecule has 3 aliphatic rings. The van der Waals surface area contributed by atoms with E-state index in [1.807, 2.05) is 48.5 Å². The highest BCUT2D eigenvalue weighted by Gasteiger charge is 2.52. The molecule has 5 nitrogen and oxygen atoms in total. The van der Waals surface area contributed by atoms with E-state index < -0.39 is 5.41 Å². The van der Waals surface area contributed by atoms with Crippen molar-refractivity contribution in [3.63, 3.8) is 0 Å². The van der Waals surface area contributed by atoms with E-state index in [0.717, 1.165) is 84.1 Å². The molecule has 11 aromatic rings. The molecular formula is C59H35N3O2. The third kappa shape index (κ3) is 4.89. The second-order valence-corrected chi connectivity index (χ2v) is 16.8. The van der Waals surface area contributed by atoms with Crippen molar-refractivity contribution in [2.75, 3.05) is 0 Å². The van der Waals surface area contributed by atoms with Crippen LogP contribution in [0.3, 0.4) is 0 Å². The van der Waals surface area contributed by atoms with Gasteiger partial charge in [-0.3, -0.25) is 4.57 Å². The summed E-state index contributed by atoms with van der Waals surface area (Å²) in [6.45, 7) is 0. The summed E-state index contributed by atoms with van der Waals surface area (Å²) in [5, 5.41) is 2.32. The van der Waals surface area contributed by atoms with Crippen LogP contribution < -0.4 is 9.47 Å². The van der Waals surface area contributed by atoms with E-state index >= 15 is 0 Å². The van der Waals surface area contributed by atoms with E-state index in [-0.39, 0.29) is 0 Å². The van der Waals surface area contributed by atoms with Crippen molar-refractivity contribution in [3.8, 4) is 84.8 Å². The van der Waals surface area contributed by atoms with Crippen molar-refractivity contribution < 1.29 is 9.47 Å². The first kappa shape index (κ1) is 35.1. The lowest BCUT2D eigenvalue weighted by atomic mass is 9.70. The summed E-state index contributed by atoms with van der Waals surface area (Å²) in [5.41, 5.74) is 16.6. The fourth-order valence-corrected chi connectivity index (χ4v) is 10.8. The molecule has 1 spiro atoms. The third-order valence-electron chi connectivity index (χ3n) is 13.5. The van der Waals surface area contributed by atoms with Gasteiger partial charge in [0, 0.05) is 28.0 Å². The molecule has 3 heterocycles. The lowest BCUT2D eigenvalue weighted by Crippen LogP contribution is -2.26. The van der Waals surface area contributed by atoms with Crippen molar-refractivity contribution in [2.24, 2.45) is 0 Å². The number of ether oxygens (including phenoxy) is 2. The molecule has 0 atom stereocenters. The number of nitrogens with zero attached hydrogens (tertiary/aromatic N) is 3. The molecule has 2 aliphatic carbocycles. The largest absolute Gasteiger partial charge is 0.450 e. The molecule has 0 N–H and O–H groups in total. The van der Waals surface area contributed by atoms with Gasteiger partial charge in [-0.05, 0) is 104 Å². The zero-order valence-corrected chi connectivity index (χ0v) is 34.4. The molecule has 64 heavy (non-hydrogen) atoms. The molecule has 0 unspecified atom stereocenters. The number of hydrogen-bond acceptors (Lipinski definition) is 4. The molecule has 0 fully saturated rings. The highest BCUT2D eigenvalue weighted by atomic mass is 16.6. The number of benzene rings is 9. The third-order valence-corrected chi connectivity index (χ3v) is 13.5. The van der Waals surface area contributed by atoms with Crippen LogP contribution in [-0.4, -0.2) is 14.5 Å². The first-order chi connectivity index (χ1) is 31.7. The number of aromatic nitrogens is 3. The SMILES string of the molecule is c1ccc(-c2cc(-n3c4ccccc4c4cc(-c5ccc6c(c5)C5(c7ccccc7-c7ccccc75)c5cc7c(cc5-6)Oc5ccccc5O7)ccc43)nc(-c3ccccc3)n2)cc1. The summed E-state index contributed by atoms with van der Waals surface area (Å²) in [6, 6.07) is 75.4. The van der Waals surface area contributed by atoms with E-state index in [9.17, 15) is 0 Å². The minimum Gasteiger partial charge on any atom is -0.450 e. The van der Waals surface area contributed by atoms with E-state index in [1.165, 1.54) is 38.9 Å². The predicted octanol–water partition coefficient (Wildman–Crippen LogP) is 14.8. The summed E-state index contributed by atoms with van der Waals surface area (Å²) >= 11 is 0. The molecule has 298 valence electrons. The van der Waals surface area contributed by atoms with Crippen LogP contribution in [0.15, 0.2) is 212 Å². The first-order valence-corrected chi connectivity index (χ1v) is 21.7. The van der Waals surface area contributed by atoms with Gasteiger partial charge < -0.3 is 9.47 Å². The monoisotopic (exact) mass is 817 g/mol. The van der Waals surface area contributed by atoms with Crippen molar-refractivity contribution in [3.05, 3.63) is 235 Å². The van der Waals surface area contributed by atoms with Crippen LogP contribution in [0.4, 0.5) is 0 Å². The summed E-state index contributed by atoms with van der Waals surface area (Å²) in [7, 11) is 0. The molecule has 2 aromatic heterocycles. The second kappa shape index (κ2) is 13.2. The quantitative estimate of drug-likeness (QED) is 0.177. The standard InChI is InChI=1S/C59H35N3O2/c1-3-15-36(16-4-1)50-35-57(61-58(60-50)37-17-5-2-6-18-37)62-51-24-12-9-21-43(51)45-31-38(28-30-52(45)62)39-27-29-42-44-33-55-56(64-54-26-14-13-25-53(54)63-55)34-49(44)59(48(42)32-39)46-22-10-7-19-40(46)41-20-8-11-23-47(41)59/h1-35H. The fraction of sp³-hybridized carbons (Fsp3) is 0.0169. The van der Waals surface area contributed by atoms with Crippen molar-refractivity contribution in [1.29, 1.82) is 0 Å². The smallest absolute Gasteiger partial charge is 0.170 e. The molecule has 9 aromatic carbocycles. The van der Waals surface area contributed by atoms with Crippen LogP contribution in [-0.2, 0) is 5.41 Å². The van der Waals surface area contributed by atoms with Gasteiger partial charge in [0.15, 0.2) is 28.8 Å². The molecule has 0 amide bonds. The van der Waals surface area contributed by atoms with Gasteiger partial charge >= 0.3 is 0 Å². The van der Waals surface area contributed by atoms with Gasteiger partial charge in [0.25, 0.3) is 0 Å². The van der Waals surface area contributed by atoms with Crippen LogP contribution in [0.5, 0.6) is 23.0 Å². The topological polar surface area (TPSA) is 49.2 Å². The highest BCUT2D eigenvalue weighted by molar-refractivity contribution is 6.10. The number of fused-ring (bicyclic) bond motifs is 15. The Balaban J connectivity index is 0.973. The van der Waals surface area contributed by atoms with Crippen molar-refractivity contribution in [2.45, 2.75) is 5.41 Å². The van der Waals surface area contributed by atoms with E-state index in [1.54, 1.807) is 0 Å². The number of hydrogen-bond donors (Lipinski definition) is 0. The van der Waals surface area contributed by atoms with Gasteiger partial charge in [-0.25, -0.2) is 9.97 Å². The maximum atomic E-state index is 6.61. The van der Waals surface area contributed by atoms with E-state index in [4.69, 9.17) is 19.4 Å². The molecule has 14 rings (SSSR count). The Morgan fingerprint density at radius 1 is 0.344 bits per heavy atom. The lowest BCUT2D eigenvalue weighted by Gasteiger charge is -2.31. The molecule has 0 saturated heterocycles. The number of para-hydroxylation sites is 3. The second-order valence-electron chi connectivity index (χ2n) is 16.8. The van der Waals surface area contributed by atoms with Crippen molar-refractivity contribution in [1.82, 2.24) is 14.5 Å².